The van der Waals surface area contributed by atoms with Gasteiger partial charge in [-0.05, 0) is 18.9 Å². The molecule has 8 heteroatoms. The minimum absolute atomic E-state index is 0.0336. The SMILES string of the molecule is NNc1cc(S(=O)(=O)NCC2CCCO2)ccn1. The van der Waals surface area contributed by atoms with Crippen molar-refractivity contribution in [3.05, 3.63) is 18.3 Å². The molecule has 1 aromatic heterocycles. The Morgan fingerprint density at radius 3 is 3.06 bits per heavy atom. The van der Waals surface area contributed by atoms with Gasteiger partial charge in [-0.15, -0.1) is 0 Å². The maximum atomic E-state index is 12.0. The summed E-state index contributed by atoms with van der Waals surface area (Å²) in [6, 6.07) is 2.79. The van der Waals surface area contributed by atoms with Crippen molar-refractivity contribution in [1.29, 1.82) is 0 Å². The van der Waals surface area contributed by atoms with Crippen molar-refractivity contribution in [2.75, 3.05) is 18.6 Å². The lowest BCUT2D eigenvalue weighted by Crippen LogP contribution is -2.31. The number of anilines is 1. The summed E-state index contributed by atoms with van der Waals surface area (Å²) in [6.07, 6.45) is 3.21. The number of nitrogen functional groups attached to an aromatic ring is 1. The fourth-order valence-corrected chi connectivity index (χ4v) is 2.83. The Kier molecular flexibility index (Phi) is 4.12. The van der Waals surface area contributed by atoms with Crippen LogP contribution < -0.4 is 16.0 Å². The number of pyridine rings is 1. The number of rotatable bonds is 5. The van der Waals surface area contributed by atoms with E-state index in [0.717, 1.165) is 12.8 Å². The molecule has 1 fully saturated rings. The predicted molar refractivity (Wildman–Crippen MR) is 66.2 cm³/mol. The van der Waals surface area contributed by atoms with Crippen LogP contribution in [0.2, 0.25) is 0 Å². The molecular formula is C10H16N4O3S. The van der Waals surface area contributed by atoms with Crippen molar-refractivity contribution in [2.24, 2.45) is 5.84 Å². The highest BCUT2D eigenvalue weighted by Gasteiger charge is 2.20. The smallest absolute Gasteiger partial charge is 0.240 e. The molecule has 18 heavy (non-hydrogen) atoms. The first-order valence-electron chi connectivity index (χ1n) is 5.66. The van der Waals surface area contributed by atoms with Gasteiger partial charge in [0.05, 0.1) is 11.0 Å². The molecule has 1 atom stereocenters. The van der Waals surface area contributed by atoms with Gasteiger partial charge in [0.1, 0.15) is 5.82 Å². The van der Waals surface area contributed by atoms with Crippen LogP contribution in [-0.2, 0) is 14.8 Å². The molecule has 0 bridgehead atoms. The number of aromatic nitrogens is 1. The lowest BCUT2D eigenvalue weighted by molar-refractivity contribution is 0.114. The monoisotopic (exact) mass is 272 g/mol. The minimum atomic E-state index is -3.55. The maximum absolute atomic E-state index is 12.0. The molecule has 1 aliphatic heterocycles. The third-order valence-corrected chi connectivity index (χ3v) is 4.14. The maximum Gasteiger partial charge on any atom is 0.240 e. The zero-order valence-electron chi connectivity index (χ0n) is 9.80. The second-order valence-electron chi connectivity index (χ2n) is 4.01. The highest BCUT2D eigenvalue weighted by molar-refractivity contribution is 7.89. The zero-order chi connectivity index (χ0) is 13.0. The summed E-state index contributed by atoms with van der Waals surface area (Å²) in [6.45, 7) is 0.985. The highest BCUT2D eigenvalue weighted by atomic mass is 32.2. The third-order valence-electron chi connectivity index (χ3n) is 2.71. The van der Waals surface area contributed by atoms with Crippen LogP contribution in [0, 0.1) is 0 Å². The van der Waals surface area contributed by atoms with E-state index in [1.54, 1.807) is 0 Å². The lowest BCUT2D eigenvalue weighted by Gasteiger charge is -2.11. The van der Waals surface area contributed by atoms with Gasteiger partial charge in [0.2, 0.25) is 10.0 Å². The van der Waals surface area contributed by atoms with Crippen LogP contribution in [0.5, 0.6) is 0 Å². The van der Waals surface area contributed by atoms with Crippen LogP contribution in [0.3, 0.4) is 0 Å². The fourth-order valence-electron chi connectivity index (χ4n) is 1.75. The molecule has 0 aliphatic carbocycles. The Morgan fingerprint density at radius 2 is 2.39 bits per heavy atom. The normalized spacial score (nSPS) is 19.9. The van der Waals surface area contributed by atoms with Gasteiger partial charge in [0.25, 0.3) is 0 Å². The van der Waals surface area contributed by atoms with Gasteiger partial charge in [-0.25, -0.2) is 24.0 Å². The van der Waals surface area contributed by atoms with E-state index in [9.17, 15) is 8.42 Å². The van der Waals surface area contributed by atoms with Crippen molar-refractivity contribution < 1.29 is 13.2 Å². The standard InChI is InChI=1S/C10H16N4O3S/c11-14-10-6-9(3-4-12-10)18(15,16)13-7-8-2-1-5-17-8/h3-4,6,8,13H,1-2,5,7,11H2,(H,12,14). The second kappa shape index (κ2) is 5.61. The van der Waals surface area contributed by atoms with Gasteiger partial charge in [0, 0.05) is 25.4 Å². The summed E-state index contributed by atoms with van der Waals surface area (Å²) >= 11 is 0. The van der Waals surface area contributed by atoms with E-state index in [-0.39, 0.29) is 17.5 Å². The minimum Gasteiger partial charge on any atom is -0.377 e. The quantitative estimate of drug-likeness (QED) is 0.507. The Labute approximate surface area is 106 Å². The molecule has 1 unspecified atom stereocenters. The number of nitrogens with zero attached hydrogens (tertiary/aromatic N) is 1. The molecule has 1 saturated heterocycles. The Morgan fingerprint density at radius 1 is 1.56 bits per heavy atom. The molecule has 4 N–H and O–H groups in total. The number of nitrogens with two attached hydrogens (primary N) is 1. The molecule has 1 aliphatic rings. The molecule has 0 amide bonds. The number of nitrogens with one attached hydrogen (secondary N) is 2. The van der Waals surface area contributed by atoms with Crippen molar-refractivity contribution in [1.82, 2.24) is 9.71 Å². The van der Waals surface area contributed by atoms with Crippen LogP contribution in [0.25, 0.3) is 0 Å². The number of hydrogen-bond acceptors (Lipinski definition) is 6. The van der Waals surface area contributed by atoms with Gasteiger partial charge < -0.3 is 10.2 Å². The summed E-state index contributed by atoms with van der Waals surface area (Å²) in [5, 5.41) is 0. The first-order chi connectivity index (χ1) is 8.62. The summed E-state index contributed by atoms with van der Waals surface area (Å²) in [4.78, 5) is 3.98. The molecule has 0 radical (unpaired) electrons. The van der Waals surface area contributed by atoms with Crippen molar-refractivity contribution >= 4 is 15.8 Å². The Balaban J connectivity index is 2.04. The molecule has 100 valence electrons. The zero-order valence-corrected chi connectivity index (χ0v) is 10.6. The average molecular weight is 272 g/mol. The van der Waals surface area contributed by atoms with Crippen molar-refractivity contribution in [3.63, 3.8) is 0 Å². The molecule has 2 rings (SSSR count). The van der Waals surface area contributed by atoms with E-state index in [1.807, 2.05) is 0 Å². The van der Waals surface area contributed by atoms with Gasteiger partial charge in [-0.1, -0.05) is 0 Å². The third kappa shape index (κ3) is 3.16. The second-order valence-corrected chi connectivity index (χ2v) is 5.78. The number of ether oxygens (including phenoxy) is 1. The van der Waals surface area contributed by atoms with Gasteiger partial charge >= 0.3 is 0 Å². The van der Waals surface area contributed by atoms with Crippen LogP contribution in [0.15, 0.2) is 23.2 Å². The van der Waals surface area contributed by atoms with Crippen molar-refractivity contribution in [2.45, 2.75) is 23.8 Å². The predicted octanol–water partition coefficient (Wildman–Crippen LogP) is -0.175. The Hall–Kier alpha value is -1.22. The fraction of sp³-hybridized carbons (Fsp3) is 0.500. The van der Waals surface area contributed by atoms with Crippen LogP contribution in [-0.4, -0.2) is 32.7 Å². The first kappa shape index (κ1) is 13.2. The van der Waals surface area contributed by atoms with E-state index < -0.39 is 10.0 Å². The molecule has 7 nitrogen and oxygen atoms in total. The van der Waals surface area contributed by atoms with E-state index in [2.05, 4.69) is 15.1 Å². The van der Waals surface area contributed by atoms with E-state index in [0.29, 0.717) is 12.4 Å². The van der Waals surface area contributed by atoms with E-state index >= 15 is 0 Å². The molecule has 0 aromatic carbocycles. The molecule has 1 aromatic rings. The summed E-state index contributed by atoms with van der Waals surface area (Å²) in [7, 11) is -3.55. The van der Waals surface area contributed by atoms with Crippen LogP contribution >= 0.6 is 0 Å². The molecule has 0 saturated carbocycles. The lowest BCUT2D eigenvalue weighted by atomic mass is 10.2. The van der Waals surface area contributed by atoms with Gasteiger partial charge in [-0.2, -0.15) is 0 Å². The highest BCUT2D eigenvalue weighted by Crippen LogP contribution is 2.14. The first-order valence-corrected chi connectivity index (χ1v) is 7.14. The number of hydrazine groups is 1. The molecule has 2 heterocycles. The van der Waals surface area contributed by atoms with Gasteiger partial charge in [0.15, 0.2) is 0 Å². The van der Waals surface area contributed by atoms with E-state index in [1.165, 1.54) is 18.3 Å². The summed E-state index contributed by atoms with van der Waals surface area (Å²) in [5.74, 6) is 5.49. The topological polar surface area (TPSA) is 106 Å². The average Bonchev–Trinajstić information content (AvgIpc) is 2.90. The number of hydrogen-bond donors (Lipinski definition) is 3. The molecular weight excluding hydrogens is 256 g/mol. The largest absolute Gasteiger partial charge is 0.377 e. The van der Waals surface area contributed by atoms with Crippen molar-refractivity contribution in [3.8, 4) is 0 Å². The Bertz CT molecular complexity index is 500. The van der Waals surface area contributed by atoms with Crippen LogP contribution in [0.1, 0.15) is 12.8 Å². The summed E-state index contributed by atoms with van der Waals surface area (Å²) in [5.41, 5.74) is 2.31. The number of sulfonamides is 1. The van der Waals surface area contributed by atoms with Gasteiger partial charge in [-0.3, -0.25) is 0 Å². The molecule has 0 spiro atoms. The summed E-state index contributed by atoms with van der Waals surface area (Å²) < 4.78 is 31.9. The van der Waals surface area contributed by atoms with Crippen LogP contribution in [0.4, 0.5) is 5.82 Å². The van der Waals surface area contributed by atoms with E-state index in [4.69, 9.17) is 10.6 Å².